The SMILES string of the molecule is CN1CCc2cc(-c3nc(Nc4ccc5[nH]ncc5c4)n(C)n3)ccc2C1O. The average molecular weight is 375 g/mol. The van der Waals surface area contributed by atoms with Gasteiger partial charge in [0.15, 0.2) is 5.82 Å². The van der Waals surface area contributed by atoms with E-state index in [4.69, 9.17) is 0 Å². The lowest BCUT2D eigenvalue weighted by atomic mass is 9.96. The van der Waals surface area contributed by atoms with Crippen molar-refractivity contribution in [1.29, 1.82) is 0 Å². The molecule has 5 rings (SSSR count). The topological polar surface area (TPSA) is 94.9 Å². The van der Waals surface area contributed by atoms with Crippen molar-refractivity contribution in [1.82, 2.24) is 29.9 Å². The van der Waals surface area contributed by atoms with Gasteiger partial charge in [-0.1, -0.05) is 12.1 Å². The predicted octanol–water partition coefficient (Wildman–Crippen LogP) is 2.58. The highest BCUT2D eigenvalue weighted by atomic mass is 16.3. The van der Waals surface area contributed by atoms with Gasteiger partial charge in [0, 0.05) is 30.2 Å². The first-order valence-corrected chi connectivity index (χ1v) is 9.21. The number of nitrogens with zero attached hydrogens (tertiary/aromatic N) is 5. The molecule has 0 saturated carbocycles. The van der Waals surface area contributed by atoms with E-state index in [0.29, 0.717) is 11.8 Å². The summed E-state index contributed by atoms with van der Waals surface area (Å²) in [4.78, 5) is 6.61. The molecule has 0 saturated heterocycles. The van der Waals surface area contributed by atoms with Crippen molar-refractivity contribution in [2.24, 2.45) is 7.05 Å². The second-order valence-electron chi connectivity index (χ2n) is 7.20. The summed E-state index contributed by atoms with van der Waals surface area (Å²) >= 11 is 0. The highest BCUT2D eigenvalue weighted by Gasteiger charge is 2.23. The fourth-order valence-electron chi connectivity index (χ4n) is 3.63. The van der Waals surface area contributed by atoms with Gasteiger partial charge in [0.1, 0.15) is 6.23 Å². The zero-order valence-corrected chi connectivity index (χ0v) is 15.7. The number of nitrogens with one attached hydrogen (secondary N) is 2. The van der Waals surface area contributed by atoms with Crippen LogP contribution >= 0.6 is 0 Å². The molecule has 0 amide bonds. The van der Waals surface area contributed by atoms with Gasteiger partial charge in [0.2, 0.25) is 5.95 Å². The fourth-order valence-corrected chi connectivity index (χ4v) is 3.63. The molecule has 28 heavy (non-hydrogen) atoms. The number of fused-ring (bicyclic) bond motifs is 2. The molecule has 1 aliphatic heterocycles. The Morgan fingerprint density at radius 1 is 1.18 bits per heavy atom. The molecule has 0 bridgehead atoms. The zero-order valence-electron chi connectivity index (χ0n) is 15.7. The molecule has 8 heteroatoms. The van der Waals surface area contributed by atoms with E-state index >= 15 is 0 Å². The second-order valence-corrected chi connectivity index (χ2v) is 7.20. The number of hydrogen-bond donors (Lipinski definition) is 3. The van der Waals surface area contributed by atoms with Crippen molar-refractivity contribution >= 4 is 22.5 Å². The van der Waals surface area contributed by atoms with E-state index in [0.717, 1.165) is 46.2 Å². The number of rotatable bonds is 3. The van der Waals surface area contributed by atoms with Crippen molar-refractivity contribution in [3.05, 3.63) is 53.7 Å². The van der Waals surface area contributed by atoms with Gasteiger partial charge in [0.05, 0.1) is 11.7 Å². The number of hydrogen-bond acceptors (Lipinski definition) is 6. The third-order valence-electron chi connectivity index (χ3n) is 5.29. The van der Waals surface area contributed by atoms with Crippen molar-refractivity contribution in [3.63, 3.8) is 0 Å². The summed E-state index contributed by atoms with van der Waals surface area (Å²) in [5, 5.41) is 26.3. The molecule has 0 fully saturated rings. The van der Waals surface area contributed by atoms with E-state index in [-0.39, 0.29) is 0 Å². The molecular formula is C20H21N7O. The quantitative estimate of drug-likeness (QED) is 0.509. The summed E-state index contributed by atoms with van der Waals surface area (Å²) in [5.74, 6) is 1.32. The van der Waals surface area contributed by atoms with Crippen LogP contribution in [0.4, 0.5) is 11.6 Å². The summed E-state index contributed by atoms with van der Waals surface area (Å²) in [6, 6.07) is 12.0. The fraction of sp³-hybridized carbons (Fsp3) is 0.250. The monoisotopic (exact) mass is 375 g/mol. The van der Waals surface area contributed by atoms with Crippen molar-refractivity contribution < 1.29 is 5.11 Å². The molecule has 0 aliphatic carbocycles. The molecule has 8 nitrogen and oxygen atoms in total. The number of aryl methyl sites for hydroxylation is 1. The Hall–Kier alpha value is -3.23. The number of likely N-dealkylation sites (N-methyl/N-ethyl adjacent to an activating group) is 1. The Kier molecular flexibility index (Phi) is 3.88. The van der Waals surface area contributed by atoms with Gasteiger partial charge >= 0.3 is 0 Å². The summed E-state index contributed by atoms with van der Waals surface area (Å²) < 4.78 is 1.73. The Balaban J connectivity index is 1.44. The van der Waals surface area contributed by atoms with Crippen LogP contribution < -0.4 is 5.32 Å². The van der Waals surface area contributed by atoms with Crippen molar-refractivity contribution in [2.75, 3.05) is 18.9 Å². The molecular weight excluding hydrogens is 354 g/mol. The first kappa shape index (κ1) is 16.9. The van der Waals surface area contributed by atoms with Gasteiger partial charge in [-0.2, -0.15) is 10.1 Å². The lowest BCUT2D eigenvalue weighted by Gasteiger charge is -2.30. The van der Waals surface area contributed by atoms with Crippen molar-refractivity contribution in [2.45, 2.75) is 12.6 Å². The van der Waals surface area contributed by atoms with E-state index < -0.39 is 6.23 Å². The zero-order chi connectivity index (χ0) is 19.3. The smallest absolute Gasteiger partial charge is 0.225 e. The van der Waals surface area contributed by atoms with Gasteiger partial charge in [-0.15, -0.1) is 5.10 Å². The summed E-state index contributed by atoms with van der Waals surface area (Å²) in [6.07, 6.45) is 2.14. The van der Waals surface area contributed by atoms with Gasteiger partial charge < -0.3 is 10.4 Å². The van der Waals surface area contributed by atoms with Crippen LogP contribution in [0.2, 0.25) is 0 Å². The molecule has 1 atom stereocenters. The highest BCUT2D eigenvalue weighted by molar-refractivity contribution is 5.82. The Bertz CT molecular complexity index is 1160. The second kappa shape index (κ2) is 6.43. The number of H-pyrrole nitrogens is 1. The van der Waals surface area contributed by atoms with Crippen LogP contribution in [0.3, 0.4) is 0 Å². The number of anilines is 2. The number of aliphatic hydroxyl groups excluding tert-OH is 1. The average Bonchev–Trinajstić information content (AvgIpc) is 3.31. The molecule has 1 unspecified atom stereocenters. The molecule has 2 aromatic heterocycles. The number of aliphatic hydroxyl groups is 1. The Morgan fingerprint density at radius 3 is 2.96 bits per heavy atom. The van der Waals surface area contributed by atoms with Gasteiger partial charge in [0.25, 0.3) is 0 Å². The minimum absolute atomic E-state index is 0.551. The highest BCUT2D eigenvalue weighted by Crippen LogP contribution is 2.30. The molecule has 2 aromatic carbocycles. The molecule has 142 valence electrons. The summed E-state index contributed by atoms with van der Waals surface area (Å²) in [5.41, 5.74) is 4.97. The lowest BCUT2D eigenvalue weighted by molar-refractivity contribution is 0.0128. The minimum atomic E-state index is -0.551. The van der Waals surface area contributed by atoms with E-state index in [1.165, 1.54) is 0 Å². The third kappa shape index (κ3) is 2.83. The molecule has 4 aromatic rings. The molecule has 3 heterocycles. The minimum Gasteiger partial charge on any atom is -0.374 e. The maximum Gasteiger partial charge on any atom is 0.225 e. The lowest BCUT2D eigenvalue weighted by Crippen LogP contribution is -2.31. The van der Waals surface area contributed by atoms with E-state index in [1.54, 1.807) is 10.9 Å². The van der Waals surface area contributed by atoms with Gasteiger partial charge in [-0.05, 0) is 48.9 Å². The molecule has 1 aliphatic rings. The first-order valence-electron chi connectivity index (χ1n) is 9.21. The predicted molar refractivity (Wildman–Crippen MR) is 107 cm³/mol. The van der Waals surface area contributed by atoms with Crippen LogP contribution in [0.1, 0.15) is 17.4 Å². The molecule has 3 N–H and O–H groups in total. The number of benzene rings is 2. The first-order chi connectivity index (χ1) is 13.6. The Labute approximate surface area is 161 Å². The van der Waals surface area contributed by atoms with Crippen LogP contribution in [-0.2, 0) is 13.5 Å². The van der Waals surface area contributed by atoms with Crippen molar-refractivity contribution in [3.8, 4) is 11.4 Å². The van der Waals surface area contributed by atoms with Crippen LogP contribution in [0.5, 0.6) is 0 Å². The Morgan fingerprint density at radius 2 is 2.07 bits per heavy atom. The van der Waals surface area contributed by atoms with Crippen LogP contribution in [0, 0.1) is 0 Å². The van der Waals surface area contributed by atoms with Gasteiger partial charge in [-0.3, -0.25) is 10.00 Å². The van der Waals surface area contributed by atoms with E-state index in [2.05, 4.69) is 31.7 Å². The van der Waals surface area contributed by atoms with E-state index in [9.17, 15) is 5.11 Å². The molecule has 0 spiro atoms. The number of aromatic nitrogens is 5. The molecule has 0 radical (unpaired) electrons. The van der Waals surface area contributed by atoms with Crippen LogP contribution in [-0.4, -0.2) is 48.6 Å². The maximum atomic E-state index is 10.3. The number of aromatic amines is 1. The van der Waals surface area contributed by atoms with Gasteiger partial charge in [-0.25, -0.2) is 4.68 Å². The van der Waals surface area contributed by atoms with Crippen LogP contribution in [0.15, 0.2) is 42.6 Å². The largest absolute Gasteiger partial charge is 0.374 e. The normalized spacial score (nSPS) is 17.0. The third-order valence-corrected chi connectivity index (χ3v) is 5.29. The van der Waals surface area contributed by atoms with Crippen LogP contribution in [0.25, 0.3) is 22.3 Å². The summed E-state index contributed by atoms with van der Waals surface area (Å²) in [7, 11) is 3.80. The van der Waals surface area contributed by atoms with E-state index in [1.807, 2.05) is 49.3 Å². The standard InChI is InChI=1S/C20H21N7O/c1-26-8-7-12-9-13(3-5-16(12)19(26)28)18-23-20(27(2)25-18)22-15-4-6-17-14(10-15)11-21-24-17/h3-6,9-11,19,28H,7-8H2,1-2H3,(H,21,24)(H,22,23,25). The maximum absolute atomic E-state index is 10.3. The summed E-state index contributed by atoms with van der Waals surface area (Å²) in [6.45, 7) is 0.830.